The number of anilines is 1. The summed E-state index contributed by atoms with van der Waals surface area (Å²) < 4.78 is 0. The van der Waals surface area contributed by atoms with Gasteiger partial charge in [0.25, 0.3) is 0 Å². The first kappa shape index (κ1) is 16.3. The minimum Gasteiger partial charge on any atom is -0.382 e. The predicted molar refractivity (Wildman–Crippen MR) is 91.8 cm³/mol. The number of hydrogen-bond acceptors (Lipinski definition) is 3. The van der Waals surface area contributed by atoms with E-state index >= 15 is 0 Å². The second kappa shape index (κ2) is 8.40. The molecule has 1 saturated heterocycles. The van der Waals surface area contributed by atoms with Gasteiger partial charge >= 0.3 is 0 Å². The maximum absolute atomic E-state index is 3.75. The second-order valence-electron chi connectivity index (χ2n) is 6.55. The third-order valence-corrected chi connectivity index (χ3v) is 4.16. The number of benzene rings is 1. The average Bonchev–Trinajstić information content (AvgIpc) is 2.65. The highest BCUT2D eigenvalue weighted by Crippen LogP contribution is 2.18. The van der Waals surface area contributed by atoms with Crippen molar-refractivity contribution in [1.29, 1.82) is 0 Å². The van der Waals surface area contributed by atoms with Crippen molar-refractivity contribution in [2.24, 2.45) is 0 Å². The fourth-order valence-corrected chi connectivity index (χ4v) is 3.20. The van der Waals surface area contributed by atoms with E-state index in [0.717, 1.165) is 6.54 Å². The van der Waals surface area contributed by atoms with Crippen LogP contribution in [0.2, 0.25) is 0 Å². The molecule has 1 aromatic rings. The highest BCUT2D eigenvalue weighted by atomic mass is 15.1. The van der Waals surface area contributed by atoms with Gasteiger partial charge in [-0.25, -0.2) is 0 Å². The molecule has 2 rings (SSSR count). The van der Waals surface area contributed by atoms with E-state index in [4.69, 9.17) is 0 Å². The van der Waals surface area contributed by atoms with E-state index in [1.54, 1.807) is 0 Å². The largest absolute Gasteiger partial charge is 0.382 e. The lowest BCUT2D eigenvalue weighted by molar-refractivity contribution is 0.285. The van der Waals surface area contributed by atoms with Crippen LogP contribution < -0.4 is 5.32 Å². The van der Waals surface area contributed by atoms with Gasteiger partial charge in [-0.2, -0.15) is 0 Å². The van der Waals surface area contributed by atoms with Gasteiger partial charge in [0.05, 0.1) is 0 Å². The molecule has 1 aliphatic heterocycles. The molecule has 1 heterocycles. The normalized spacial score (nSPS) is 20.5. The topological polar surface area (TPSA) is 18.5 Å². The highest BCUT2D eigenvalue weighted by Gasteiger charge is 2.16. The maximum Gasteiger partial charge on any atom is 0.0345 e. The van der Waals surface area contributed by atoms with E-state index in [-0.39, 0.29) is 0 Å². The van der Waals surface area contributed by atoms with E-state index in [0.29, 0.717) is 6.04 Å². The molecule has 3 heteroatoms. The van der Waals surface area contributed by atoms with E-state index in [2.05, 4.69) is 60.4 Å². The monoisotopic (exact) mass is 289 g/mol. The van der Waals surface area contributed by atoms with Gasteiger partial charge in [-0.05, 0) is 70.6 Å². The molecule has 118 valence electrons. The van der Waals surface area contributed by atoms with Gasteiger partial charge in [-0.3, -0.25) is 0 Å². The summed E-state index contributed by atoms with van der Waals surface area (Å²) in [5.41, 5.74) is 2.66. The number of hydrogen-bond donors (Lipinski definition) is 1. The Morgan fingerprint density at radius 2 is 2.10 bits per heavy atom. The molecular formula is C18H31N3. The smallest absolute Gasteiger partial charge is 0.0345 e. The molecule has 0 amide bonds. The van der Waals surface area contributed by atoms with Crippen LogP contribution in [0.3, 0.4) is 0 Å². The molecule has 0 spiro atoms. The van der Waals surface area contributed by atoms with Crippen LogP contribution in [0.5, 0.6) is 0 Å². The summed E-state index contributed by atoms with van der Waals surface area (Å²) in [4.78, 5) is 4.83. The van der Waals surface area contributed by atoms with E-state index in [1.165, 1.54) is 56.6 Å². The van der Waals surface area contributed by atoms with Crippen molar-refractivity contribution in [3.8, 4) is 0 Å². The van der Waals surface area contributed by atoms with E-state index < -0.39 is 0 Å². The number of rotatable bonds is 6. The van der Waals surface area contributed by atoms with Gasteiger partial charge in [0, 0.05) is 24.8 Å². The Labute approximate surface area is 130 Å². The van der Waals surface area contributed by atoms with Crippen molar-refractivity contribution >= 4 is 5.69 Å². The zero-order valence-corrected chi connectivity index (χ0v) is 13.9. The molecule has 0 aliphatic carbocycles. The lowest BCUT2D eigenvalue weighted by Gasteiger charge is -2.20. The summed E-state index contributed by atoms with van der Waals surface area (Å²) in [6.07, 6.45) is 5.13. The van der Waals surface area contributed by atoms with Gasteiger partial charge in [0.15, 0.2) is 0 Å². The average molecular weight is 289 g/mol. The van der Waals surface area contributed by atoms with Crippen LogP contribution in [-0.4, -0.2) is 49.6 Å². The minimum atomic E-state index is 0.626. The van der Waals surface area contributed by atoms with Crippen LogP contribution >= 0.6 is 0 Å². The molecule has 0 bridgehead atoms. The molecule has 1 aromatic carbocycles. The lowest BCUT2D eigenvalue weighted by Crippen LogP contribution is -2.27. The van der Waals surface area contributed by atoms with Gasteiger partial charge in [-0.1, -0.05) is 19.1 Å². The van der Waals surface area contributed by atoms with Crippen LogP contribution in [0.15, 0.2) is 24.3 Å². The quantitative estimate of drug-likeness (QED) is 0.865. The Morgan fingerprint density at radius 3 is 2.86 bits per heavy atom. The van der Waals surface area contributed by atoms with Gasteiger partial charge in [0.1, 0.15) is 0 Å². The Hall–Kier alpha value is -1.06. The SMILES string of the molecule is CCCN1CCCC(Nc2cccc(CN(C)C)c2)CC1. The molecule has 0 aromatic heterocycles. The Kier molecular flexibility index (Phi) is 6.52. The van der Waals surface area contributed by atoms with E-state index in [9.17, 15) is 0 Å². The summed E-state index contributed by atoms with van der Waals surface area (Å²) >= 11 is 0. The summed E-state index contributed by atoms with van der Waals surface area (Å²) in [5, 5.41) is 3.75. The number of nitrogens with zero attached hydrogens (tertiary/aromatic N) is 2. The predicted octanol–water partition coefficient (Wildman–Crippen LogP) is 3.42. The van der Waals surface area contributed by atoms with Crippen LogP contribution in [-0.2, 0) is 6.54 Å². The van der Waals surface area contributed by atoms with Crippen molar-refractivity contribution in [3.63, 3.8) is 0 Å². The first-order chi connectivity index (χ1) is 10.2. The maximum atomic E-state index is 3.75. The highest BCUT2D eigenvalue weighted by molar-refractivity contribution is 5.46. The van der Waals surface area contributed by atoms with E-state index in [1.807, 2.05) is 0 Å². The number of nitrogens with one attached hydrogen (secondary N) is 1. The summed E-state index contributed by atoms with van der Waals surface area (Å²) in [6.45, 7) is 7.04. The third kappa shape index (κ3) is 5.68. The molecule has 1 unspecified atom stereocenters. The molecular weight excluding hydrogens is 258 g/mol. The molecule has 1 atom stereocenters. The van der Waals surface area contributed by atoms with Crippen molar-refractivity contribution in [3.05, 3.63) is 29.8 Å². The van der Waals surface area contributed by atoms with Crippen molar-refractivity contribution < 1.29 is 0 Å². The van der Waals surface area contributed by atoms with Crippen molar-refractivity contribution in [1.82, 2.24) is 9.80 Å². The molecule has 3 nitrogen and oxygen atoms in total. The first-order valence-corrected chi connectivity index (χ1v) is 8.40. The molecule has 0 saturated carbocycles. The second-order valence-corrected chi connectivity index (χ2v) is 6.55. The number of likely N-dealkylation sites (tertiary alicyclic amines) is 1. The Morgan fingerprint density at radius 1 is 1.24 bits per heavy atom. The summed E-state index contributed by atoms with van der Waals surface area (Å²) in [5.74, 6) is 0. The zero-order valence-electron chi connectivity index (χ0n) is 13.9. The van der Waals surface area contributed by atoms with Crippen LogP contribution in [0, 0.1) is 0 Å². The molecule has 21 heavy (non-hydrogen) atoms. The van der Waals surface area contributed by atoms with Gasteiger partial charge in [-0.15, -0.1) is 0 Å². The van der Waals surface area contributed by atoms with Crippen molar-refractivity contribution in [2.45, 2.75) is 45.2 Å². The van der Waals surface area contributed by atoms with Crippen LogP contribution in [0.1, 0.15) is 38.2 Å². The fraction of sp³-hybridized carbons (Fsp3) is 0.667. The molecule has 0 radical (unpaired) electrons. The van der Waals surface area contributed by atoms with Crippen LogP contribution in [0.4, 0.5) is 5.69 Å². The molecule has 1 fully saturated rings. The van der Waals surface area contributed by atoms with Gasteiger partial charge < -0.3 is 15.1 Å². The first-order valence-electron chi connectivity index (χ1n) is 8.40. The molecule has 1 N–H and O–H groups in total. The minimum absolute atomic E-state index is 0.626. The fourth-order valence-electron chi connectivity index (χ4n) is 3.20. The molecule has 1 aliphatic rings. The summed E-state index contributed by atoms with van der Waals surface area (Å²) in [7, 11) is 4.24. The van der Waals surface area contributed by atoms with Crippen molar-refractivity contribution in [2.75, 3.05) is 39.0 Å². The Bertz CT molecular complexity index is 417. The van der Waals surface area contributed by atoms with Gasteiger partial charge in [0.2, 0.25) is 0 Å². The Balaban J connectivity index is 1.89. The standard InChI is InChI=1S/C18H31N3/c1-4-11-21-12-6-9-17(10-13-21)19-18-8-5-7-16(14-18)15-20(2)3/h5,7-8,14,17,19H,4,6,9-13,15H2,1-3H3. The van der Waals surface area contributed by atoms with Crippen LogP contribution in [0.25, 0.3) is 0 Å². The zero-order chi connectivity index (χ0) is 15.1. The third-order valence-electron chi connectivity index (χ3n) is 4.16. The summed E-state index contributed by atoms with van der Waals surface area (Å²) in [6, 6.07) is 9.51. The lowest BCUT2D eigenvalue weighted by atomic mass is 10.1.